The molecule has 2 rings (SSSR count). The van der Waals surface area contributed by atoms with Crippen LogP contribution in [-0.4, -0.2) is 29.8 Å². The van der Waals surface area contributed by atoms with E-state index in [9.17, 15) is 0 Å². The van der Waals surface area contributed by atoms with Crippen LogP contribution in [0.1, 0.15) is 31.6 Å². The highest BCUT2D eigenvalue weighted by Crippen LogP contribution is 2.31. The summed E-state index contributed by atoms with van der Waals surface area (Å²) >= 11 is 7.56. The number of fused-ring (bicyclic) bond motifs is 1. The maximum Gasteiger partial charge on any atom is 0.227 e. The first kappa shape index (κ1) is 15.5. The van der Waals surface area contributed by atoms with Crippen molar-refractivity contribution in [2.75, 3.05) is 19.8 Å². The van der Waals surface area contributed by atoms with Crippen molar-refractivity contribution in [1.29, 1.82) is 0 Å². The topological polar surface area (TPSA) is 44.2 Å². The number of thiophene rings is 1. The Morgan fingerprint density at radius 1 is 1.20 bits per heavy atom. The Bertz CT molecular complexity index is 559. The fraction of sp³-hybridized carbons (Fsp3) is 0.571. The zero-order chi connectivity index (χ0) is 14.4. The number of nitrogens with zero attached hydrogens (tertiary/aromatic N) is 2. The molecule has 0 saturated carbocycles. The SMILES string of the molecule is CCCCOCCOc1nc(Cl)nc2sc(CC)cc12. The Hall–Kier alpha value is -0.910. The van der Waals surface area contributed by atoms with Crippen molar-refractivity contribution in [3.8, 4) is 5.88 Å². The fourth-order valence-electron chi connectivity index (χ4n) is 1.75. The van der Waals surface area contributed by atoms with E-state index in [1.807, 2.05) is 0 Å². The van der Waals surface area contributed by atoms with Gasteiger partial charge in [-0.25, -0.2) is 4.98 Å². The third-order valence-electron chi connectivity index (χ3n) is 2.84. The fourth-order valence-corrected chi connectivity index (χ4v) is 2.92. The minimum Gasteiger partial charge on any atom is -0.475 e. The molecule has 2 heterocycles. The molecule has 0 spiro atoms. The van der Waals surface area contributed by atoms with E-state index in [0.29, 0.717) is 19.1 Å². The van der Waals surface area contributed by atoms with Crippen LogP contribution in [0.4, 0.5) is 0 Å². The number of aromatic nitrogens is 2. The van der Waals surface area contributed by atoms with Gasteiger partial charge in [0.15, 0.2) is 0 Å². The molecule has 2 aromatic heterocycles. The zero-order valence-electron chi connectivity index (χ0n) is 11.8. The molecule has 0 radical (unpaired) electrons. The monoisotopic (exact) mass is 314 g/mol. The number of aryl methyl sites for hydroxylation is 1. The Labute approximate surface area is 128 Å². The average Bonchev–Trinajstić information content (AvgIpc) is 2.85. The standard InChI is InChI=1S/C14H19ClN2O2S/c1-3-5-6-18-7-8-19-12-11-9-10(4-2)20-13(11)17-14(15)16-12/h9H,3-8H2,1-2H3. The van der Waals surface area contributed by atoms with Gasteiger partial charge in [0.1, 0.15) is 11.4 Å². The van der Waals surface area contributed by atoms with E-state index in [2.05, 4.69) is 29.9 Å². The molecule has 0 N–H and O–H groups in total. The van der Waals surface area contributed by atoms with Crippen LogP contribution in [0, 0.1) is 0 Å². The van der Waals surface area contributed by atoms with E-state index in [1.165, 1.54) is 4.88 Å². The van der Waals surface area contributed by atoms with Crippen molar-refractivity contribution >= 4 is 33.2 Å². The molecule has 6 heteroatoms. The van der Waals surface area contributed by atoms with Gasteiger partial charge in [0, 0.05) is 11.5 Å². The van der Waals surface area contributed by atoms with Crippen LogP contribution in [0.25, 0.3) is 10.2 Å². The van der Waals surface area contributed by atoms with Gasteiger partial charge in [-0.05, 0) is 30.5 Å². The molecule has 2 aromatic rings. The molecule has 0 unspecified atom stereocenters. The molecule has 0 aliphatic heterocycles. The first-order valence-corrected chi connectivity index (χ1v) is 8.10. The smallest absolute Gasteiger partial charge is 0.227 e. The first-order chi connectivity index (χ1) is 9.74. The largest absolute Gasteiger partial charge is 0.475 e. The van der Waals surface area contributed by atoms with E-state index in [1.54, 1.807) is 11.3 Å². The van der Waals surface area contributed by atoms with Gasteiger partial charge in [-0.2, -0.15) is 4.98 Å². The highest BCUT2D eigenvalue weighted by Gasteiger charge is 2.11. The van der Waals surface area contributed by atoms with Crippen molar-refractivity contribution in [2.24, 2.45) is 0 Å². The summed E-state index contributed by atoms with van der Waals surface area (Å²) in [5, 5.41) is 1.16. The van der Waals surface area contributed by atoms with Crippen molar-refractivity contribution in [1.82, 2.24) is 9.97 Å². The molecule has 0 fully saturated rings. The lowest BCUT2D eigenvalue weighted by Gasteiger charge is -2.07. The molecular weight excluding hydrogens is 296 g/mol. The van der Waals surface area contributed by atoms with Crippen LogP contribution < -0.4 is 4.74 Å². The van der Waals surface area contributed by atoms with Crippen molar-refractivity contribution in [3.05, 3.63) is 16.2 Å². The van der Waals surface area contributed by atoms with Crippen molar-refractivity contribution in [2.45, 2.75) is 33.1 Å². The number of hydrogen-bond donors (Lipinski definition) is 0. The molecule has 20 heavy (non-hydrogen) atoms. The summed E-state index contributed by atoms with van der Waals surface area (Å²) in [5.74, 6) is 0.551. The van der Waals surface area contributed by atoms with Crippen LogP contribution in [0.5, 0.6) is 5.88 Å². The van der Waals surface area contributed by atoms with Gasteiger partial charge < -0.3 is 9.47 Å². The predicted molar refractivity (Wildman–Crippen MR) is 83.0 cm³/mol. The van der Waals surface area contributed by atoms with Crippen LogP contribution in [0.2, 0.25) is 5.28 Å². The van der Waals surface area contributed by atoms with Crippen molar-refractivity contribution in [3.63, 3.8) is 0 Å². The average molecular weight is 315 g/mol. The van der Waals surface area contributed by atoms with Gasteiger partial charge in [0.25, 0.3) is 0 Å². The van der Waals surface area contributed by atoms with E-state index >= 15 is 0 Å². The Morgan fingerprint density at radius 2 is 2.05 bits per heavy atom. The number of halogens is 1. The summed E-state index contributed by atoms with van der Waals surface area (Å²) in [6.07, 6.45) is 3.18. The third kappa shape index (κ3) is 4.04. The maximum atomic E-state index is 5.93. The molecular formula is C14H19ClN2O2S. The van der Waals surface area contributed by atoms with Gasteiger partial charge in [0.05, 0.1) is 12.0 Å². The molecule has 110 valence electrons. The van der Waals surface area contributed by atoms with E-state index < -0.39 is 0 Å². The molecule has 0 bridgehead atoms. The Morgan fingerprint density at radius 3 is 2.80 bits per heavy atom. The van der Waals surface area contributed by atoms with Gasteiger partial charge in [-0.15, -0.1) is 11.3 Å². The number of hydrogen-bond acceptors (Lipinski definition) is 5. The second kappa shape index (κ2) is 7.76. The first-order valence-electron chi connectivity index (χ1n) is 6.91. The van der Waals surface area contributed by atoms with Crippen LogP contribution >= 0.6 is 22.9 Å². The molecule has 0 saturated heterocycles. The van der Waals surface area contributed by atoms with Crippen LogP contribution in [0.15, 0.2) is 6.07 Å². The summed E-state index contributed by atoms with van der Waals surface area (Å²) in [5.41, 5.74) is 0. The normalized spacial score (nSPS) is 11.2. The third-order valence-corrected chi connectivity index (χ3v) is 4.18. The lowest BCUT2D eigenvalue weighted by atomic mass is 10.3. The number of unbranched alkanes of at least 4 members (excludes halogenated alkanes) is 1. The van der Waals surface area contributed by atoms with Gasteiger partial charge in [-0.3, -0.25) is 0 Å². The number of ether oxygens (including phenoxy) is 2. The summed E-state index contributed by atoms with van der Waals surface area (Å²) < 4.78 is 11.1. The van der Waals surface area contributed by atoms with Gasteiger partial charge in [0.2, 0.25) is 11.2 Å². The molecule has 0 atom stereocenters. The summed E-state index contributed by atoms with van der Waals surface area (Å²) in [6.45, 7) is 6.07. The molecule has 4 nitrogen and oxygen atoms in total. The summed E-state index contributed by atoms with van der Waals surface area (Å²) in [4.78, 5) is 10.5. The summed E-state index contributed by atoms with van der Waals surface area (Å²) in [6, 6.07) is 2.07. The molecule has 0 aromatic carbocycles. The summed E-state index contributed by atoms with van der Waals surface area (Å²) in [7, 11) is 0. The second-order valence-corrected chi connectivity index (χ2v) is 5.85. The lowest BCUT2D eigenvalue weighted by molar-refractivity contribution is 0.0971. The van der Waals surface area contributed by atoms with E-state index in [-0.39, 0.29) is 5.28 Å². The minimum absolute atomic E-state index is 0.226. The molecule has 0 amide bonds. The van der Waals surface area contributed by atoms with Crippen molar-refractivity contribution < 1.29 is 9.47 Å². The lowest BCUT2D eigenvalue weighted by Crippen LogP contribution is -2.08. The minimum atomic E-state index is 0.226. The Kier molecular flexibility index (Phi) is 6.01. The molecule has 0 aliphatic carbocycles. The van der Waals surface area contributed by atoms with Crippen LogP contribution in [-0.2, 0) is 11.2 Å². The van der Waals surface area contributed by atoms with Gasteiger partial charge in [-0.1, -0.05) is 20.3 Å². The predicted octanol–water partition coefficient (Wildman–Crippen LogP) is 4.10. The number of rotatable bonds is 8. The highest BCUT2D eigenvalue weighted by molar-refractivity contribution is 7.18. The maximum absolute atomic E-state index is 5.93. The molecule has 0 aliphatic rings. The highest BCUT2D eigenvalue weighted by atomic mass is 35.5. The van der Waals surface area contributed by atoms with Gasteiger partial charge >= 0.3 is 0 Å². The van der Waals surface area contributed by atoms with Crippen LogP contribution in [0.3, 0.4) is 0 Å². The second-order valence-electron chi connectivity index (χ2n) is 4.40. The van der Waals surface area contributed by atoms with E-state index in [4.69, 9.17) is 21.1 Å². The van der Waals surface area contributed by atoms with E-state index in [0.717, 1.165) is 36.1 Å². The quantitative estimate of drug-likeness (QED) is 0.543. The Balaban J connectivity index is 1.99. The zero-order valence-corrected chi connectivity index (χ0v) is 13.4.